The lowest BCUT2D eigenvalue weighted by Crippen LogP contribution is -2.30. The molecule has 0 atom stereocenters. The van der Waals surface area contributed by atoms with Crippen molar-refractivity contribution >= 4 is 0 Å². The third-order valence-corrected chi connectivity index (χ3v) is 3.41. The molecule has 2 rings (SSSR count). The van der Waals surface area contributed by atoms with E-state index in [2.05, 4.69) is 45.5 Å². The highest BCUT2D eigenvalue weighted by molar-refractivity contribution is 5.26. The number of hydrogen-bond acceptors (Lipinski definition) is 4. The minimum absolute atomic E-state index is 0.956. The molecule has 4 heteroatoms. The van der Waals surface area contributed by atoms with Gasteiger partial charge in [-0.05, 0) is 30.6 Å². The average Bonchev–Trinajstić information content (AvgIpc) is 2.45. The molecule has 1 aliphatic heterocycles. The smallest absolute Gasteiger partial charge is 0.0209 e. The van der Waals surface area contributed by atoms with Crippen LogP contribution in [0.3, 0.4) is 0 Å². The summed E-state index contributed by atoms with van der Waals surface area (Å²) in [5, 5.41) is 13.9. The molecule has 4 nitrogen and oxygen atoms in total. The van der Waals surface area contributed by atoms with E-state index in [1.165, 1.54) is 17.5 Å². The summed E-state index contributed by atoms with van der Waals surface area (Å²) in [6, 6.07) is 8.67. The average molecular weight is 262 g/mol. The normalized spacial score (nSPS) is 20.0. The van der Waals surface area contributed by atoms with Gasteiger partial charge in [-0.3, -0.25) is 0 Å². The Morgan fingerprint density at radius 1 is 0.579 bits per heavy atom. The van der Waals surface area contributed by atoms with Crippen LogP contribution in [0.1, 0.15) is 17.5 Å². The third kappa shape index (κ3) is 5.70. The van der Waals surface area contributed by atoms with Crippen molar-refractivity contribution in [3.8, 4) is 0 Å². The Morgan fingerprint density at radius 3 is 1.58 bits per heavy atom. The van der Waals surface area contributed by atoms with E-state index in [-0.39, 0.29) is 0 Å². The molecule has 0 aliphatic carbocycles. The zero-order valence-corrected chi connectivity index (χ0v) is 11.7. The number of rotatable bonds is 0. The highest BCUT2D eigenvalue weighted by Gasteiger charge is 2.01. The topological polar surface area (TPSA) is 48.1 Å². The van der Waals surface area contributed by atoms with Crippen LogP contribution >= 0.6 is 0 Å². The summed E-state index contributed by atoms with van der Waals surface area (Å²) in [7, 11) is 0. The van der Waals surface area contributed by atoms with Gasteiger partial charge < -0.3 is 21.3 Å². The van der Waals surface area contributed by atoms with Crippen molar-refractivity contribution < 1.29 is 0 Å². The van der Waals surface area contributed by atoms with E-state index in [4.69, 9.17) is 0 Å². The second-order valence-electron chi connectivity index (χ2n) is 4.98. The molecule has 0 amide bonds. The largest absolute Gasteiger partial charge is 0.315 e. The Bertz CT molecular complexity index is 321. The van der Waals surface area contributed by atoms with E-state index in [0.717, 1.165) is 52.4 Å². The zero-order valence-electron chi connectivity index (χ0n) is 11.7. The molecule has 0 unspecified atom stereocenters. The van der Waals surface area contributed by atoms with E-state index in [9.17, 15) is 0 Å². The maximum Gasteiger partial charge on any atom is 0.0209 e. The molecule has 1 heterocycles. The molecule has 1 aliphatic rings. The Kier molecular flexibility index (Phi) is 6.89. The van der Waals surface area contributed by atoms with Crippen LogP contribution in [0.15, 0.2) is 24.3 Å². The fraction of sp³-hybridized carbons (Fsp3) is 0.600. The van der Waals surface area contributed by atoms with Gasteiger partial charge in [0, 0.05) is 39.3 Å². The molecule has 0 aromatic heterocycles. The van der Waals surface area contributed by atoms with Gasteiger partial charge in [0.25, 0.3) is 0 Å². The fourth-order valence-corrected chi connectivity index (χ4v) is 2.29. The van der Waals surface area contributed by atoms with Crippen LogP contribution in [-0.2, 0) is 13.1 Å². The Labute approximate surface area is 116 Å². The molecule has 0 fully saturated rings. The van der Waals surface area contributed by atoms with Gasteiger partial charge in [-0.1, -0.05) is 24.3 Å². The van der Waals surface area contributed by atoms with E-state index in [1.807, 2.05) is 0 Å². The first kappa shape index (κ1) is 14.5. The number of nitrogens with one attached hydrogen (secondary N) is 4. The van der Waals surface area contributed by atoms with Gasteiger partial charge in [0.2, 0.25) is 0 Å². The third-order valence-electron chi connectivity index (χ3n) is 3.41. The van der Waals surface area contributed by atoms with Crippen LogP contribution in [0.4, 0.5) is 0 Å². The highest BCUT2D eigenvalue weighted by atomic mass is 15.0. The van der Waals surface area contributed by atoms with Crippen LogP contribution in [0.25, 0.3) is 0 Å². The first-order valence-electron chi connectivity index (χ1n) is 7.36. The summed E-state index contributed by atoms with van der Waals surface area (Å²) in [5.41, 5.74) is 2.80. The second-order valence-corrected chi connectivity index (χ2v) is 4.98. The van der Waals surface area contributed by atoms with E-state index in [1.54, 1.807) is 0 Å². The SMILES string of the molecule is c1ccc2c(c1)CNCCNCCCNCCNC2. The van der Waals surface area contributed by atoms with Crippen LogP contribution in [0.5, 0.6) is 0 Å². The van der Waals surface area contributed by atoms with E-state index >= 15 is 0 Å². The van der Waals surface area contributed by atoms with Crippen molar-refractivity contribution in [1.29, 1.82) is 0 Å². The maximum atomic E-state index is 3.51. The summed E-state index contributed by atoms with van der Waals surface area (Å²) in [5.74, 6) is 0. The molecule has 0 spiro atoms. The summed E-state index contributed by atoms with van der Waals surface area (Å²) < 4.78 is 0. The lowest BCUT2D eigenvalue weighted by molar-refractivity contribution is 0.566. The molecular weight excluding hydrogens is 236 g/mol. The Hall–Kier alpha value is -0.940. The van der Waals surface area contributed by atoms with Gasteiger partial charge in [-0.2, -0.15) is 0 Å². The van der Waals surface area contributed by atoms with Crippen LogP contribution in [-0.4, -0.2) is 39.3 Å². The van der Waals surface area contributed by atoms with Crippen LogP contribution in [0, 0.1) is 0 Å². The number of fused-ring (bicyclic) bond motifs is 1. The Morgan fingerprint density at radius 2 is 1.05 bits per heavy atom. The summed E-state index contributed by atoms with van der Waals surface area (Å²) in [6.07, 6.45) is 1.19. The van der Waals surface area contributed by atoms with E-state index < -0.39 is 0 Å². The summed E-state index contributed by atoms with van der Waals surface area (Å²) in [4.78, 5) is 0. The van der Waals surface area contributed by atoms with Crippen molar-refractivity contribution in [2.45, 2.75) is 19.5 Å². The lowest BCUT2D eigenvalue weighted by atomic mass is 10.1. The first-order valence-corrected chi connectivity index (χ1v) is 7.36. The molecule has 0 radical (unpaired) electrons. The summed E-state index contributed by atoms with van der Waals surface area (Å²) >= 11 is 0. The minimum atomic E-state index is 0.956. The predicted molar refractivity (Wildman–Crippen MR) is 80.2 cm³/mol. The minimum Gasteiger partial charge on any atom is -0.315 e. The van der Waals surface area contributed by atoms with Crippen LogP contribution in [0.2, 0.25) is 0 Å². The van der Waals surface area contributed by atoms with Gasteiger partial charge >= 0.3 is 0 Å². The number of hydrogen-bond donors (Lipinski definition) is 4. The van der Waals surface area contributed by atoms with Gasteiger partial charge in [0.15, 0.2) is 0 Å². The fourth-order valence-electron chi connectivity index (χ4n) is 2.29. The molecule has 106 valence electrons. The first-order chi connectivity index (χ1) is 9.47. The van der Waals surface area contributed by atoms with Gasteiger partial charge in [0.05, 0.1) is 0 Å². The molecule has 1 aromatic carbocycles. The molecular formula is C15H26N4. The molecule has 1 aromatic rings. The van der Waals surface area contributed by atoms with Gasteiger partial charge in [0.1, 0.15) is 0 Å². The second kappa shape index (κ2) is 9.04. The molecule has 0 saturated heterocycles. The highest BCUT2D eigenvalue weighted by Crippen LogP contribution is 2.07. The standard InChI is InChI=1S/C15H26N4/c1-2-5-15-13-19-11-9-17-7-3-6-16-8-10-18-12-14(15)4-1/h1-2,4-5,16-19H,3,6-13H2. The molecule has 19 heavy (non-hydrogen) atoms. The van der Waals surface area contributed by atoms with Crippen molar-refractivity contribution in [3.63, 3.8) is 0 Å². The van der Waals surface area contributed by atoms with Crippen molar-refractivity contribution in [2.75, 3.05) is 39.3 Å². The zero-order chi connectivity index (χ0) is 13.2. The maximum absolute atomic E-state index is 3.51. The number of benzene rings is 1. The van der Waals surface area contributed by atoms with Gasteiger partial charge in [-0.15, -0.1) is 0 Å². The van der Waals surface area contributed by atoms with Crippen molar-refractivity contribution in [2.24, 2.45) is 0 Å². The van der Waals surface area contributed by atoms with Crippen molar-refractivity contribution in [1.82, 2.24) is 21.3 Å². The molecule has 0 saturated carbocycles. The Balaban J connectivity index is 1.87. The predicted octanol–water partition coefficient (Wildman–Crippen LogP) is 0.449. The van der Waals surface area contributed by atoms with E-state index in [0.29, 0.717) is 0 Å². The van der Waals surface area contributed by atoms with Gasteiger partial charge in [-0.25, -0.2) is 0 Å². The quantitative estimate of drug-likeness (QED) is 0.548. The van der Waals surface area contributed by atoms with Crippen LogP contribution < -0.4 is 21.3 Å². The van der Waals surface area contributed by atoms with Crippen molar-refractivity contribution in [3.05, 3.63) is 35.4 Å². The molecule has 4 N–H and O–H groups in total. The lowest BCUT2D eigenvalue weighted by Gasteiger charge is -2.11. The molecule has 0 bridgehead atoms. The summed E-state index contributed by atoms with van der Waals surface area (Å²) in [6.45, 7) is 8.23. The monoisotopic (exact) mass is 262 g/mol.